The Labute approximate surface area is 116 Å². The maximum absolute atomic E-state index is 12.8. The number of pyridine rings is 1. The largest absolute Gasteiger partial charge is 0.419 e. The minimum absolute atomic E-state index is 0.0371. The lowest BCUT2D eigenvalue weighted by Gasteiger charge is -2.12. The minimum atomic E-state index is -4.66. The molecule has 0 spiro atoms. The summed E-state index contributed by atoms with van der Waals surface area (Å²) in [4.78, 5) is 7.24. The summed E-state index contributed by atoms with van der Waals surface area (Å²) in [6.07, 6.45) is 0.865. The van der Waals surface area contributed by atoms with Crippen molar-refractivity contribution in [2.24, 2.45) is 0 Å². The molecule has 0 aromatic carbocycles. The summed E-state index contributed by atoms with van der Waals surface area (Å²) in [7, 11) is 0. The number of halogens is 3. The van der Waals surface area contributed by atoms with Gasteiger partial charge in [-0.25, -0.2) is 9.97 Å². The molecule has 2 aromatic rings. The zero-order valence-corrected chi connectivity index (χ0v) is 10.5. The van der Waals surface area contributed by atoms with Gasteiger partial charge in [0.1, 0.15) is 12.4 Å². The van der Waals surface area contributed by atoms with Crippen molar-refractivity contribution in [1.82, 2.24) is 14.5 Å². The van der Waals surface area contributed by atoms with E-state index in [1.165, 1.54) is 29.4 Å². The molecule has 0 fully saturated rings. The highest BCUT2D eigenvalue weighted by atomic mass is 32.1. The van der Waals surface area contributed by atoms with E-state index in [9.17, 15) is 13.2 Å². The Morgan fingerprint density at radius 1 is 1.45 bits per heavy atom. The summed E-state index contributed by atoms with van der Waals surface area (Å²) >= 11 is 4.99. The molecule has 9 heteroatoms. The molecule has 0 radical (unpaired) electrons. The van der Waals surface area contributed by atoms with Crippen LogP contribution in [0.4, 0.5) is 18.9 Å². The summed E-state index contributed by atoms with van der Waals surface area (Å²) in [5.41, 5.74) is -1.76. The van der Waals surface area contributed by atoms with E-state index in [4.69, 9.17) is 17.5 Å². The molecule has 0 saturated carbocycles. The van der Waals surface area contributed by atoms with E-state index < -0.39 is 17.4 Å². The third-order valence-corrected chi connectivity index (χ3v) is 2.60. The van der Waals surface area contributed by atoms with E-state index in [0.717, 1.165) is 12.3 Å². The first-order valence-electron chi connectivity index (χ1n) is 5.18. The standard InChI is InChI=1S/C11H6F3N5S/c12-11(13,14)8-3-7(5-17-9(8)4-15)18-10(20)19-2-1-16-6-19/h1-3,5-6H,(H,18,20). The highest BCUT2D eigenvalue weighted by molar-refractivity contribution is 7.80. The molecule has 0 amide bonds. The molecule has 1 N–H and O–H groups in total. The zero-order chi connectivity index (χ0) is 14.8. The molecule has 0 aliphatic heterocycles. The van der Waals surface area contributed by atoms with Gasteiger partial charge < -0.3 is 5.32 Å². The lowest BCUT2D eigenvalue weighted by molar-refractivity contribution is -0.138. The Bertz CT molecular complexity index is 672. The monoisotopic (exact) mass is 297 g/mol. The van der Waals surface area contributed by atoms with E-state index in [1.807, 2.05) is 0 Å². The van der Waals surface area contributed by atoms with Gasteiger partial charge in [-0.2, -0.15) is 18.4 Å². The Morgan fingerprint density at radius 2 is 2.20 bits per heavy atom. The number of thiocarbonyl (C=S) groups is 1. The van der Waals surface area contributed by atoms with E-state index in [-0.39, 0.29) is 10.8 Å². The fourth-order valence-corrected chi connectivity index (χ4v) is 1.63. The maximum Gasteiger partial charge on any atom is 0.419 e. The normalized spacial score (nSPS) is 10.9. The van der Waals surface area contributed by atoms with Gasteiger partial charge in [0.15, 0.2) is 10.8 Å². The van der Waals surface area contributed by atoms with Crippen molar-refractivity contribution < 1.29 is 13.2 Å². The van der Waals surface area contributed by atoms with Crippen molar-refractivity contribution in [2.45, 2.75) is 6.18 Å². The van der Waals surface area contributed by atoms with Crippen LogP contribution in [-0.2, 0) is 6.18 Å². The summed E-state index contributed by atoms with van der Waals surface area (Å²) in [5.74, 6) is 0. The second-order valence-corrected chi connectivity index (χ2v) is 4.02. The van der Waals surface area contributed by atoms with Gasteiger partial charge in [0.05, 0.1) is 17.4 Å². The topological polar surface area (TPSA) is 66.5 Å². The predicted octanol–water partition coefficient (Wildman–Crippen LogP) is 2.41. The van der Waals surface area contributed by atoms with Crippen LogP contribution in [0.25, 0.3) is 0 Å². The number of hydrogen-bond donors (Lipinski definition) is 1. The molecule has 20 heavy (non-hydrogen) atoms. The fraction of sp³-hybridized carbons (Fsp3) is 0.0909. The average molecular weight is 297 g/mol. The van der Waals surface area contributed by atoms with Crippen molar-refractivity contribution in [3.8, 4) is 6.07 Å². The molecule has 0 bridgehead atoms. The number of aromatic nitrogens is 3. The van der Waals surface area contributed by atoms with Crippen molar-refractivity contribution >= 4 is 23.0 Å². The van der Waals surface area contributed by atoms with Crippen LogP contribution in [0.5, 0.6) is 0 Å². The van der Waals surface area contributed by atoms with Crippen LogP contribution >= 0.6 is 12.2 Å². The molecule has 2 heterocycles. The van der Waals surface area contributed by atoms with E-state index >= 15 is 0 Å². The fourth-order valence-electron chi connectivity index (χ4n) is 1.41. The first kappa shape index (κ1) is 14.0. The van der Waals surface area contributed by atoms with E-state index in [2.05, 4.69) is 15.3 Å². The van der Waals surface area contributed by atoms with Gasteiger partial charge in [-0.05, 0) is 18.3 Å². The van der Waals surface area contributed by atoms with Gasteiger partial charge in [0, 0.05) is 12.4 Å². The van der Waals surface area contributed by atoms with Crippen molar-refractivity contribution in [1.29, 1.82) is 5.26 Å². The molecule has 5 nitrogen and oxygen atoms in total. The molecule has 0 saturated heterocycles. The van der Waals surface area contributed by atoms with Crippen LogP contribution in [-0.4, -0.2) is 19.6 Å². The molecule has 2 aromatic heterocycles. The van der Waals surface area contributed by atoms with E-state index in [0.29, 0.717) is 0 Å². The number of rotatable bonds is 1. The lowest BCUT2D eigenvalue weighted by Crippen LogP contribution is -2.18. The average Bonchev–Trinajstić information content (AvgIpc) is 2.91. The van der Waals surface area contributed by atoms with E-state index in [1.54, 1.807) is 0 Å². The lowest BCUT2D eigenvalue weighted by atomic mass is 10.2. The zero-order valence-electron chi connectivity index (χ0n) is 9.72. The molecule has 0 atom stereocenters. The Hall–Kier alpha value is -2.47. The van der Waals surface area contributed by atoms with Gasteiger partial charge in [-0.3, -0.25) is 4.57 Å². The number of nitriles is 1. The first-order chi connectivity index (χ1) is 9.41. The first-order valence-corrected chi connectivity index (χ1v) is 5.59. The van der Waals surface area contributed by atoms with Gasteiger partial charge in [0.25, 0.3) is 0 Å². The van der Waals surface area contributed by atoms with Crippen LogP contribution < -0.4 is 5.32 Å². The van der Waals surface area contributed by atoms with Crippen LogP contribution in [0.15, 0.2) is 31.0 Å². The summed E-state index contributed by atoms with van der Waals surface area (Å²) in [6, 6.07) is 2.19. The number of nitrogens with one attached hydrogen (secondary N) is 1. The molecule has 2 rings (SSSR count). The van der Waals surface area contributed by atoms with Gasteiger partial charge in [0.2, 0.25) is 0 Å². The van der Waals surface area contributed by atoms with Crippen molar-refractivity contribution in [2.75, 3.05) is 5.32 Å². The number of nitrogens with zero attached hydrogens (tertiary/aromatic N) is 4. The third-order valence-electron chi connectivity index (χ3n) is 2.29. The minimum Gasteiger partial charge on any atom is -0.331 e. The molecule has 0 unspecified atom stereocenters. The van der Waals surface area contributed by atoms with Gasteiger partial charge >= 0.3 is 6.18 Å². The second-order valence-electron chi connectivity index (χ2n) is 3.63. The molecule has 0 aliphatic carbocycles. The van der Waals surface area contributed by atoms with Gasteiger partial charge in [-0.15, -0.1) is 0 Å². The Balaban J connectivity index is 2.31. The quantitative estimate of drug-likeness (QED) is 0.819. The number of hydrogen-bond acceptors (Lipinski definition) is 4. The highest BCUT2D eigenvalue weighted by Crippen LogP contribution is 2.32. The van der Waals surface area contributed by atoms with Crippen LogP contribution in [0.1, 0.15) is 11.3 Å². The second kappa shape index (κ2) is 5.26. The molecule has 0 aliphatic rings. The number of alkyl halides is 3. The summed E-state index contributed by atoms with van der Waals surface area (Å²) in [6.45, 7) is 0. The molecular weight excluding hydrogens is 291 g/mol. The summed E-state index contributed by atoms with van der Waals surface area (Å²) < 4.78 is 39.7. The van der Waals surface area contributed by atoms with Crippen LogP contribution in [0, 0.1) is 11.3 Å². The molecular formula is C11H6F3N5S. The smallest absolute Gasteiger partial charge is 0.331 e. The molecule has 102 valence electrons. The highest BCUT2D eigenvalue weighted by Gasteiger charge is 2.34. The predicted molar refractivity (Wildman–Crippen MR) is 67.8 cm³/mol. The number of imidazole rings is 1. The van der Waals surface area contributed by atoms with Crippen molar-refractivity contribution in [3.63, 3.8) is 0 Å². The maximum atomic E-state index is 12.8. The third kappa shape index (κ3) is 2.92. The Kier molecular flexibility index (Phi) is 3.67. The number of anilines is 1. The van der Waals surface area contributed by atoms with Gasteiger partial charge in [-0.1, -0.05) is 0 Å². The van der Waals surface area contributed by atoms with Crippen LogP contribution in [0.3, 0.4) is 0 Å². The summed E-state index contributed by atoms with van der Waals surface area (Å²) in [5, 5.41) is 11.4. The van der Waals surface area contributed by atoms with Crippen molar-refractivity contribution in [3.05, 3.63) is 42.2 Å². The Morgan fingerprint density at radius 3 is 2.75 bits per heavy atom. The SMILES string of the molecule is N#Cc1ncc(NC(=S)n2ccnc2)cc1C(F)(F)F. The van der Waals surface area contributed by atoms with Crippen LogP contribution in [0.2, 0.25) is 0 Å².